The highest BCUT2D eigenvalue weighted by atomic mass is 19.4. The Morgan fingerprint density at radius 1 is 1.14 bits per heavy atom. The predicted molar refractivity (Wildman–Crippen MR) is 152 cm³/mol. The molecule has 1 saturated heterocycles. The fourth-order valence-corrected chi connectivity index (χ4v) is 5.46. The summed E-state index contributed by atoms with van der Waals surface area (Å²) in [5.74, 6) is -0.617. The molecule has 4 N–H and O–H groups in total. The molecule has 42 heavy (non-hydrogen) atoms. The number of hydrogen-bond donors (Lipinski definition) is 4. The van der Waals surface area contributed by atoms with Crippen molar-refractivity contribution in [3.8, 4) is 5.75 Å². The minimum Gasteiger partial charge on any atom is -0.496 e. The van der Waals surface area contributed by atoms with Gasteiger partial charge >= 0.3 is 12.1 Å². The highest BCUT2D eigenvalue weighted by Crippen LogP contribution is 2.47. The molecule has 7 nitrogen and oxygen atoms in total. The third kappa shape index (κ3) is 7.12. The van der Waals surface area contributed by atoms with Crippen LogP contribution in [0.1, 0.15) is 59.7 Å². The molecule has 2 aliphatic heterocycles. The number of ether oxygens (including phenoxy) is 2. The monoisotopic (exact) mass is 586 g/mol. The van der Waals surface area contributed by atoms with Crippen molar-refractivity contribution >= 4 is 5.97 Å². The van der Waals surface area contributed by atoms with E-state index < -0.39 is 23.9 Å². The molecule has 2 aliphatic rings. The average Bonchev–Trinajstić information content (AvgIpc) is 3.00. The Bertz CT molecular complexity index is 1320. The van der Waals surface area contributed by atoms with E-state index in [1.807, 2.05) is 18.2 Å². The molecule has 0 radical (unpaired) electrons. The van der Waals surface area contributed by atoms with Gasteiger partial charge in [-0.05, 0) is 67.1 Å². The van der Waals surface area contributed by atoms with Gasteiger partial charge in [0.1, 0.15) is 5.75 Å². The summed E-state index contributed by atoms with van der Waals surface area (Å²) in [6, 6.07) is 22.2. The SMILES string of the molecule is COc1cc2c(cc1CNC1CCCNC1c1ccccc1)C(C)(C(F)(F)F)OCC2.O=C(O)[C@@H](O)c1ccccc1. The van der Waals surface area contributed by atoms with Crippen LogP contribution in [0.4, 0.5) is 13.2 Å². The van der Waals surface area contributed by atoms with Gasteiger partial charge in [0.2, 0.25) is 0 Å². The van der Waals surface area contributed by atoms with Crippen LogP contribution in [0.15, 0.2) is 72.8 Å². The predicted octanol–water partition coefficient (Wildman–Crippen LogP) is 5.43. The Morgan fingerprint density at radius 3 is 2.43 bits per heavy atom. The molecule has 3 unspecified atom stereocenters. The first-order valence-electron chi connectivity index (χ1n) is 13.9. The van der Waals surface area contributed by atoms with Gasteiger partial charge in [0.25, 0.3) is 0 Å². The molecule has 3 aromatic rings. The van der Waals surface area contributed by atoms with Crippen molar-refractivity contribution in [1.82, 2.24) is 10.6 Å². The molecular formula is C32H37F3N2O5. The van der Waals surface area contributed by atoms with E-state index in [4.69, 9.17) is 19.7 Å². The second-order valence-corrected chi connectivity index (χ2v) is 10.6. The van der Waals surface area contributed by atoms with Gasteiger partial charge in [0, 0.05) is 24.2 Å². The number of nitrogens with one attached hydrogen (secondary N) is 2. The molecule has 226 valence electrons. The van der Waals surface area contributed by atoms with Crippen LogP contribution in [0.3, 0.4) is 0 Å². The van der Waals surface area contributed by atoms with Crippen LogP contribution in [0, 0.1) is 0 Å². The summed E-state index contributed by atoms with van der Waals surface area (Å²) in [5, 5.41) is 24.5. The van der Waals surface area contributed by atoms with Crippen LogP contribution >= 0.6 is 0 Å². The van der Waals surface area contributed by atoms with Gasteiger partial charge in [0.05, 0.1) is 13.7 Å². The Kier molecular flexibility index (Phi) is 10.3. The molecule has 0 amide bonds. The number of alkyl halides is 3. The lowest BCUT2D eigenvalue weighted by molar-refractivity contribution is -0.281. The van der Waals surface area contributed by atoms with Crippen molar-refractivity contribution < 1.29 is 37.7 Å². The lowest BCUT2D eigenvalue weighted by Crippen LogP contribution is -2.46. The van der Waals surface area contributed by atoms with Crippen molar-refractivity contribution in [2.45, 2.75) is 62.7 Å². The maximum absolute atomic E-state index is 13.9. The van der Waals surface area contributed by atoms with Gasteiger partial charge in [-0.2, -0.15) is 13.2 Å². The summed E-state index contributed by atoms with van der Waals surface area (Å²) >= 11 is 0. The summed E-state index contributed by atoms with van der Waals surface area (Å²) in [6.07, 6.45) is -3.43. The Hall–Kier alpha value is -3.44. The minimum atomic E-state index is -4.49. The molecule has 0 saturated carbocycles. The van der Waals surface area contributed by atoms with E-state index in [0.717, 1.165) is 26.3 Å². The minimum absolute atomic E-state index is 0.0380. The molecule has 0 bridgehead atoms. The Labute approximate surface area is 243 Å². The molecule has 3 aromatic carbocycles. The second-order valence-electron chi connectivity index (χ2n) is 10.6. The molecule has 10 heteroatoms. The second kappa shape index (κ2) is 13.7. The molecule has 2 heterocycles. The number of aliphatic hydroxyl groups is 1. The molecule has 0 aromatic heterocycles. The molecule has 0 aliphatic carbocycles. The number of methoxy groups -OCH3 is 1. The number of hydrogen-bond acceptors (Lipinski definition) is 6. The fraction of sp³-hybridized carbons (Fsp3) is 0.406. The number of fused-ring (bicyclic) bond motifs is 1. The first-order chi connectivity index (χ1) is 20.0. The van der Waals surface area contributed by atoms with E-state index in [-0.39, 0.29) is 24.3 Å². The van der Waals surface area contributed by atoms with E-state index in [1.165, 1.54) is 5.56 Å². The molecule has 5 rings (SSSR count). The number of benzene rings is 3. The summed E-state index contributed by atoms with van der Waals surface area (Å²) in [5.41, 5.74) is 0.828. The third-order valence-electron chi connectivity index (χ3n) is 7.84. The van der Waals surface area contributed by atoms with Gasteiger partial charge in [-0.3, -0.25) is 0 Å². The highest BCUT2D eigenvalue weighted by molar-refractivity contribution is 5.73. The maximum atomic E-state index is 13.9. The number of carboxylic acid groups (broad SMARTS) is 1. The lowest BCUT2D eigenvalue weighted by Gasteiger charge is -2.38. The summed E-state index contributed by atoms with van der Waals surface area (Å²) < 4.78 is 52.4. The zero-order valence-electron chi connectivity index (χ0n) is 23.7. The van der Waals surface area contributed by atoms with Gasteiger partial charge < -0.3 is 30.3 Å². The van der Waals surface area contributed by atoms with Crippen LogP contribution in [0.25, 0.3) is 0 Å². The van der Waals surface area contributed by atoms with Gasteiger partial charge in [-0.15, -0.1) is 0 Å². The van der Waals surface area contributed by atoms with E-state index in [1.54, 1.807) is 49.6 Å². The van der Waals surface area contributed by atoms with Crippen LogP contribution in [-0.4, -0.2) is 48.7 Å². The van der Waals surface area contributed by atoms with Crippen molar-refractivity contribution in [2.24, 2.45) is 0 Å². The van der Waals surface area contributed by atoms with Gasteiger partial charge in [-0.25, -0.2) is 4.79 Å². The smallest absolute Gasteiger partial charge is 0.421 e. The number of carbonyl (C=O) groups is 1. The average molecular weight is 587 g/mol. The van der Waals surface area contributed by atoms with Crippen molar-refractivity contribution in [3.05, 3.63) is 101 Å². The third-order valence-corrected chi connectivity index (χ3v) is 7.84. The maximum Gasteiger partial charge on any atom is 0.421 e. The molecular weight excluding hydrogens is 549 g/mol. The van der Waals surface area contributed by atoms with E-state index in [2.05, 4.69) is 22.8 Å². The Morgan fingerprint density at radius 2 is 1.81 bits per heavy atom. The number of carboxylic acids is 1. The Balaban J connectivity index is 0.000000310. The number of aliphatic carboxylic acids is 1. The zero-order valence-corrected chi connectivity index (χ0v) is 23.7. The van der Waals surface area contributed by atoms with Crippen LogP contribution in [-0.2, 0) is 28.1 Å². The zero-order chi connectivity index (χ0) is 30.3. The van der Waals surface area contributed by atoms with E-state index in [9.17, 15) is 18.0 Å². The first kappa shape index (κ1) is 31.5. The number of halogens is 3. The van der Waals surface area contributed by atoms with Crippen molar-refractivity contribution in [3.63, 3.8) is 0 Å². The van der Waals surface area contributed by atoms with E-state index >= 15 is 0 Å². The van der Waals surface area contributed by atoms with Crippen LogP contribution in [0.5, 0.6) is 5.75 Å². The normalized spacial score (nSPS) is 22.7. The van der Waals surface area contributed by atoms with Crippen molar-refractivity contribution in [1.29, 1.82) is 0 Å². The molecule has 1 fully saturated rings. The van der Waals surface area contributed by atoms with Crippen LogP contribution < -0.4 is 15.4 Å². The summed E-state index contributed by atoms with van der Waals surface area (Å²) in [4.78, 5) is 10.2. The quantitative estimate of drug-likeness (QED) is 0.293. The topological polar surface area (TPSA) is 100 Å². The summed E-state index contributed by atoms with van der Waals surface area (Å²) in [6.45, 7) is 2.52. The number of aliphatic hydroxyl groups excluding tert-OH is 1. The largest absolute Gasteiger partial charge is 0.496 e. The standard InChI is InChI=1S/C24H29F3N2O2.C8H8O3/c1-23(24(25,26)27)19-13-18(21(30-2)14-17(19)10-12-31-23)15-29-20-9-6-11-28-22(20)16-7-4-3-5-8-16;9-7(8(10)11)6-4-2-1-3-5-6/h3-5,7-8,13-14,20,22,28-29H,6,9-12,15H2,1-2H3;1-5,7,9H,(H,10,11)/t;7-/m.0/s1. The molecule has 4 atom stereocenters. The highest BCUT2D eigenvalue weighted by Gasteiger charge is 2.56. The lowest BCUT2D eigenvalue weighted by atomic mass is 9.85. The first-order valence-corrected chi connectivity index (χ1v) is 13.9. The molecule has 0 spiro atoms. The number of rotatable bonds is 7. The van der Waals surface area contributed by atoms with E-state index in [0.29, 0.717) is 35.4 Å². The van der Waals surface area contributed by atoms with Crippen molar-refractivity contribution in [2.75, 3.05) is 20.3 Å². The van der Waals surface area contributed by atoms with Gasteiger partial charge in [-0.1, -0.05) is 60.7 Å². The van der Waals surface area contributed by atoms with Gasteiger partial charge in [0.15, 0.2) is 11.7 Å². The van der Waals surface area contributed by atoms with Crippen LogP contribution in [0.2, 0.25) is 0 Å². The number of piperidine rings is 1. The fourth-order valence-electron chi connectivity index (χ4n) is 5.46. The summed E-state index contributed by atoms with van der Waals surface area (Å²) in [7, 11) is 1.56.